The van der Waals surface area contributed by atoms with Crippen LogP contribution in [0, 0.1) is 5.92 Å². The van der Waals surface area contributed by atoms with Crippen molar-refractivity contribution in [3.05, 3.63) is 60.4 Å². The molecule has 1 fully saturated rings. The second kappa shape index (κ2) is 8.11. The van der Waals surface area contributed by atoms with E-state index in [4.69, 9.17) is 4.84 Å². The summed E-state index contributed by atoms with van der Waals surface area (Å²) in [4.78, 5) is 33.8. The number of aromatic nitrogens is 2. The van der Waals surface area contributed by atoms with Crippen LogP contribution >= 0.6 is 0 Å². The zero-order valence-electron chi connectivity index (χ0n) is 18.1. The van der Waals surface area contributed by atoms with E-state index in [1.807, 2.05) is 32.0 Å². The van der Waals surface area contributed by atoms with E-state index >= 15 is 0 Å². The van der Waals surface area contributed by atoms with Crippen LogP contribution in [0.15, 0.2) is 60.0 Å². The number of carbonyl (C=O) groups excluding carboxylic acids is 2. The minimum atomic E-state index is -0.301. The van der Waals surface area contributed by atoms with Crippen molar-refractivity contribution in [3.63, 3.8) is 0 Å². The van der Waals surface area contributed by atoms with Crippen molar-refractivity contribution in [2.24, 2.45) is 11.1 Å². The molecule has 0 spiro atoms. The number of urea groups is 1. The molecular formula is C24H25N5O3. The summed E-state index contributed by atoms with van der Waals surface area (Å²) in [5.74, 6) is -0.118. The summed E-state index contributed by atoms with van der Waals surface area (Å²) in [5.41, 5.74) is 2.58. The Balaban J connectivity index is 1.27. The van der Waals surface area contributed by atoms with Crippen LogP contribution in [0.1, 0.15) is 19.4 Å². The van der Waals surface area contributed by atoms with E-state index in [-0.39, 0.29) is 30.5 Å². The number of hydrogen-bond donors (Lipinski definition) is 0. The van der Waals surface area contributed by atoms with E-state index in [2.05, 4.69) is 34.5 Å². The quantitative estimate of drug-likeness (QED) is 0.560. The van der Waals surface area contributed by atoms with Crippen molar-refractivity contribution in [1.82, 2.24) is 14.7 Å². The van der Waals surface area contributed by atoms with Gasteiger partial charge in [-0.2, -0.15) is 5.10 Å². The zero-order chi connectivity index (χ0) is 22.2. The van der Waals surface area contributed by atoms with Crippen LogP contribution in [0.3, 0.4) is 0 Å². The van der Waals surface area contributed by atoms with Crippen molar-refractivity contribution < 1.29 is 14.4 Å². The van der Waals surface area contributed by atoms with Crippen LogP contribution < -0.4 is 4.90 Å². The fourth-order valence-electron chi connectivity index (χ4n) is 4.44. The van der Waals surface area contributed by atoms with Crippen LogP contribution in [0.4, 0.5) is 10.5 Å². The summed E-state index contributed by atoms with van der Waals surface area (Å²) in [5, 5.41) is 10.7. The highest BCUT2D eigenvalue weighted by Gasteiger charge is 2.38. The lowest BCUT2D eigenvalue weighted by atomic mass is 10.00. The largest absolute Gasteiger partial charge is 0.392 e. The van der Waals surface area contributed by atoms with Crippen molar-refractivity contribution in [3.8, 4) is 0 Å². The maximum absolute atomic E-state index is 13.0. The number of nitrogens with zero attached hydrogens (tertiary/aromatic N) is 5. The molecule has 0 aliphatic carbocycles. The molecule has 0 bridgehead atoms. The lowest BCUT2D eigenvalue weighted by molar-refractivity contribution is -0.116. The highest BCUT2D eigenvalue weighted by atomic mass is 16.6. The van der Waals surface area contributed by atoms with Gasteiger partial charge in [0.15, 0.2) is 0 Å². The standard InChI is InChI=1S/C24H25N5O3/c1-16-22(17(2)32-26-16)14-28-13-20(12-25-28)29-23(30)15-27(24(29)31)11-10-19-8-5-7-18-6-3-4-9-21(18)19/h3-9,12-13,17,22H,10-11,14-15H2,1-2H3. The second-order valence-corrected chi connectivity index (χ2v) is 8.39. The normalized spacial score (nSPS) is 20.9. The first kappa shape index (κ1) is 20.2. The number of oxime groups is 1. The Kier molecular flexibility index (Phi) is 5.13. The molecule has 8 nitrogen and oxygen atoms in total. The predicted octanol–water partition coefficient (Wildman–Crippen LogP) is 3.46. The molecule has 0 saturated carbocycles. The van der Waals surface area contributed by atoms with E-state index in [1.54, 1.807) is 22.0 Å². The number of amides is 3. The van der Waals surface area contributed by atoms with Crippen LogP contribution in [0.5, 0.6) is 0 Å². The smallest absolute Gasteiger partial charge is 0.331 e. The molecule has 2 aliphatic heterocycles. The van der Waals surface area contributed by atoms with Crippen LogP contribution in [-0.4, -0.2) is 51.5 Å². The van der Waals surface area contributed by atoms with Gasteiger partial charge in [0, 0.05) is 12.7 Å². The molecule has 1 aromatic heterocycles. The number of imide groups is 1. The van der Waals surface area contributed by atoms with Crippen molar-refractivity contribution in [2.45, 2.75) is 32.9 Å². The molecule has 0 radical (unpaired) electrons. The maximum Gasteiger partial charge on any atom is 0.331 e. The topological polar surface area (TPSA) is 80.0 Å². The molecule has 2 aliphatic rings. The Morgan fingerprint density at radius 3 is 2.75 bits per heavy atom. The summed E-state index contributed by atoms with van der Waals surface area (Å²) in [6.45, 7) is 5.04. The molecule has 32 heavy (non-hydrogen) atoms. The van der Waals surface area contributed by atoms with Crippen LogP contribution in [-0.2, 0) is 22.6 Å². The van der Waals surface area contributed by atoms with E-state index < -0.39 is 0 Å². The Labute approximate surface area is 186 Å². The molecule has 0 N–H and O–H groups in total. The molecule has 3 aromatic rings. The Morgan fingerprint density at radius 1 is 1.12 bits per heavy atom. The number of rotatable bonds is 6. The van der Waals surface area contributed by atoms with Gasteiger partial charge in [-0.1, -0.05) is 47.6 Å². The molecular weight excluding hydrogens is 406 g/mol. The van der Waals surface area contributed by atoms with Gasteiger partial charge in [0.1, 0.15) is 12.6 Å². The summed E-state index contributed by atoms with van der Waals surface area (Å²) in [6, 6.07) is 14.1. The molecule has 3 heterocycles. The van der Waals surface area contributed by atoms with Gasteiger partial charge in [0.05, 0.1) is 30.1 Å². The summed E-state index contributed by atoms with van der Waals surface area (Å²) in [6.07, 6.45) is 3.97. The fraction of sp³-hybridized carbons (Fsp3) is 0.333. The molecule has 2 aromatic carbocycles. The zero-order valence-corrected chi connectivity index (χ0v) is 18.1. The number of fused-ring (bicyclic) bond motifs is 1. The van der Waals surface area contributed by atoms with Gasteiger partial charge in [-0.25, -0.2) is 9.69 Å². The van der Waals surface area contributed by atoms with Crippen LogP contribution in [0.2, 0.25) is 0 Å². The lowest BCUT2D eigenvalue weighted by Gasteiger charge is -2.17. The average Bonchev–Trinajstić information content (AvgIpc) is 3.46. The van der Waals surface area contributed by atoms with Gasteiger partial charge in [-0.15, -0.1) is 0 Å². The molecule has 164 valence electrons. The monoisotopic (exact) mass is 431 g/mol. The minimum Gasteiger partial charge on any atom is -0.392 e. The van der Waals surface area contributed by atoms with E-state index in [9.17, 15) is 9.59 Å². The first-order valence-corrected chi connectivity index (χ1v) is 10.8. The number of carbonyl (C=O) groups is 2. The number of benzene rings is 2. The summed E-state index contributed by atoms with van der Waals surface area (Å²) in [7, 11) is 0. The predicted molar refractivity (Wildman–Crippen MR) is 121 cm³/mol. The molecule has 3 amide bonds. The number of hydrogen-bond acceptors (Lipinski definition) is 5. The molecule has 1 saturated heterocycles. The SMILES string of the molecule is CC1=NOC(C)C1Cn1cc(N2C(=O)CN(CCc3cccc4ccccc34)C2=O)cn1. The Morgan fingerprint density at radius 2 is 1.94 bits per heavy atom. The van der Waals surface area contributed by atoms with E-state index in [0.29, 0.717) is 25.2 Å². The van der Waals surface area contributed by atoms with Crippen molar-refractivity contribution in [1.29, 1.82) is 0 Å². The molecule has 8 heteroatoms. The summed E-state index contributed by atoms with van der Waals surface area (Å²) < 4.78 is 1.74. The third kappa shape index (κ3) is 3.62. The third-order valence-electron chi connectivity index (χ3n) is 6.30. The van der Waals surface area contributed by atoms with Gasteiger partial charge in [-0.05, 0) is 36.6 Å². The Bertz CT molecular complexity index is 1210. The fourth-order valence-corrected chi connectivity index (χ4v) is 4.44. The van der Waals surface area contributed by atoms with Crippen LogP contribution in [0.25, 0.3) is 10.8 Å². The molecule has 2 atom stereocenters. The highest BCUT2D eigenvalue weighted by molar-refractivity contribution is 6.19. The number of anilines is 1. The molecule has 5 rings (SSSR count). The van der Waals surface area contributed by atoms with Gasteiger partial charge in [0.2, 0.25) is 0 Å². The minimum absolute atomic E-state index is 0.0257. The van der Waals surface area contributed by atoms with Crippen molar-refractivity contribution in [2.75, 3.05) is 18.0 Å². The third-order valence-corrected chi connectivity index (χ3v) is 6.30. The van der Waals surface area contributed by atoms with Gasteiger partial charge >= 0.3 is 6.03 Å². The maximum atomic E-state index is 13.0. The average molecular weight is 431 g/mol. The lowest BCUT2D eigenvalue weighted by Crippen LogP contribution is -2.33. The Hall–Kier alpha value is -3.68. The first-order chi connectivity index (χ1) is 15.5. The summed E-state index contributed by atoms with van der Waals surface area (Å²) >= 11 is 0. The van der Waals surface area contributed by atoms with Gasteiger partial charge in [0.25, 0.3) is 5.91 Å². The van der Waals surface area contributed by atoms with Gasteiger partial charge in [-0.3, -0.25) is 9.48 Å². The van der Waals surface area contributed by atoms with E-state index in [0.717, 1.165) is 5.71 Å². The van der Waals surface area contributed by atoms with Gasteiger partial charge < -0.3 is 9.74 Å². The second-order valence-electron chi connectivity index (χ2n) is 8.39. The van der Waals surface area contributed by atoms with E-state index in [1.165, 1.54) is 21.2 Å². The molecule has 2 unspecified atom stereocenters. The first-order valence-electron chi connectivity index (χ1n) is 10.8. The highest BCUT2D eigenvalue weighted by Crippen LogP contribution is 2.25. The van der Waals surface area contributed by atoms with Crippen molar-refractivity contribution >= 4 is 34.1 Å².